The second-order valence-electron chi connectivity index (χ2n) is 5.57. The maximum absolute atomic E-state index is 5.79. The maximum atomic E-state index is 5.79. The van der Waals surface area contributed by atoms with Gasteiger partial charge in [-0.15, -0.1) is 0 Å². The van der Waals surface area contributed by atoms with Crippen LogP contribution >= 0.6 is 0 Å². The second-order valence-corrected chi connectivity index (χ2v) is 5.57. The van der Waals surface area contributed by atoms with Gasteiger partial charge in [0.1, 0.15) is 17.9 Å². The molecule has 0 saturated heterocycles. The van der Waals surface area contributed by atoms with Crippen LogP contribution in [0.3, 0.4) is 0 Å². The summed E-state index contributed by atoms with van der Waals surface area (Å²) < 4.78 is 5.79. The van der Waals surface area contributed by atoms with Crippen molar-refractivity contribution < 1.29 is 4.74 Å². The molecule has 1 heterocycles. The van der Waals surface area contributed by atoms with Gasteiger partial charge in [-0.1, -0.05) is 32.9 Å². The first-order valence-corrected chi connectivity index (χ1v) is 6.23. The number of ether oxygens (including phenoxy) is 1. The van der Waals surface area contributed by atoms with E-state index in [0.29, 0.717) is 11.7 Å². The number of benzene rings is 1. The first-order chi connectivity index (χ1) is 8.88. The molecule has 0 spiro atoms. The predicted octanol–water partition coefficient (Wildman–Crippen LogP) is 3.46. The number of nitrogens with two attached hydrogens (primary N) is 1. The zero-order valence-corrected chi connectivity index (χ0v) is 11.8. The van der Waals surface area contributed by atoms with Crippen LogP contribution in [0.4, 0.5) is 5.82 Å². The third-order valence-electron chi connectivity index (χ3n) is 2.99. The molecule has 0 atom stereocenters. The quantitative estimate of drug-likeness (QED) is 0.895. The monoisotopic (exact) mass is 257 g/mol. The normalized spacial score (nSPS) is 11.4. The number of hydrogen-bond acceptors (Lipinski definition) is 4. The molecule has 0 aliphatic carbocycles. The van der Waals surface area contributed by atoms with Gasteiger partial charge in [0.15, 0.2) is 0 Å². The van der Waals surface area contributed by atoms with Crippen molar-refractivity contribution in [1.29, 1.82) is 0 Å². The van der Waals surface area contributed by atoms with Crippen molar-refractivity contribution in [3.05, 3.63) is 41.7 Å². The molecule has 0 amide bonds. The minimum atomic E-state index is 0.0825. The molecule has 100 valence electrons. The van der Waals surface area contributed by atoms with Crippen LogP contribution in [0.5, 0.6) is 11.6 Å². The number of anilines is 1. The van der Waals surface area contributed by atoms with Gasteiger partial charge in [-0.25, -0.2) is 9.97 Å². The van der Waals surface area contributed by atoms with Crippen molar-refractivity contribution in [3.8, 4) is 11.6 Å². The SMILES string of the molecule is Cc1c(N)ncnc1Oc1cccc(C(C)(C)C)c1. The van der Waals surface area contributed by atoms with E-state index in [1.165, 1.54) is 11.9 Å². The van der Waals surface area contributed by atoms with Crippen LogP contribution in [-0.4, -0.2) is 9.97 Å². The lowest BCUT2D eigenvalue weighted by Gasteiger charge is -2.19. The molecule has 2 rings (SSSR count). The highest BCUT2D eigenvalue weighted by Crippen LogP contribution is 2.29. The maximum Gasteiger partial charge on any atom is 0.227 e. The van der Waals surface area contributed by atoms with Crippen LogP contribution in [0, 0.1) is 6.92 Å². The summed E-state index contributed by atoms with van der Waals surface area (Å²) in [5.41, 5.74) is 7.79. The zero-order valence-electron chi connectivity index (χ0n) is 11.8. The molecular weight excluding hydrogens is 238 g/mol. The summed E-state index contributed by atoms with van der Waals surface area (Å²) in [6.45, 7) is 8.35. The smallest absolute Gasteiger partial charge is 0.227 e. The van der Waals surface area contributed by atoms with E-state index in [4.69, 9.17) is 10.5 Å². The lowest BCUT2D eigenvalue weighted by atomic mass is 9.87. The van der Waals surface area contributed by atoms with Gasteiger partial charge in [0.25, 0.3) is 0 Å². The number of nitrogen functional groups attached to an aromatic ring is 1. The van der Waals surface area contributed by atoms with Crippen LogP contribution in [0.2, 0.25) is 0 Å². The summed E-state index contributed by atoms with van der Waals surface area (Å²) in [6.07, 6.45) is 1.41. The van der Waals surface area contributed by atoms with E-state index in [0.717, 1.165) is 11.3 Å². The van der Waals surface area contributed by atoms with Gasteiger partial charge >= 0.3 is 0 Å². The topological polar surface area (TPSA) is 61.0 Å². The largest absolute Gasteiger partial charge is 0.439 e. The highest BCUT2D eigenvalue weighted by molar-refractivity contribution is 5.45. The minimum absolute atomic E-state index is 0.0825. The lowest BCUT2D eigenvalue weighted by Crippen LogP contribution is -2.10. The van der Waals surface area contributed by atoms with Crippen LogP contribution < -0.4 is 10.5 Å². The minimum Gasteiger partial charge on any atom is -0.439 e. The Morgan fingerprint density at radius 1 is 1.16 bits per heavy atom. The van der Waals surface area contributed by atoms with Gasteiger partial charge in [0.05, 0.1) is 5.56 Å². The molecule has 0 radical (unpaired) electrons. The Kier molecular flexibility index (Phi) is 3.42. The second kappa shape index (κ2) is 4.88. The first-order valence-electron chi connectivity index (χ1n) is 6.23. The average Bonchev–Trinajstić information content (AvgIpc) is 2.34. The number of aromatic nitrogens is 2. The summed E-state index contributed by atoms with van der Waals surface area (Å²) in [7, 11) is 0. The fraction of sp³-hybridized carbons (Fsp3) is 0.333. The van der Waals surface area contributed by atoms with Gasteiger partial charge < -0.3 is 10.5 Å². The zero-order chi connectivity index (χ0) is 14.0. The predicted molar refractivity (Wildman–Crippen MR) is 76.4 cm³/mol. The fourth-order valence-corrected chi connectivity index (χ4v) is 1.69. The molecule has 0 fully saturated rings. The summed E-state index contributed by atoms with van der Waals surface area (Å²) in [6, 6.07) is 8.01. The summed E-state index contributed by atoms with van der Waals surface area (Å²) in [5.74, 6) is 1.70. The van der Waals surface area contributed by atoms with Crippen molar-refractivity contribution in [3.63, 3.8) is 0 Å². The molecule has 4 nitrogen and oxygen atoms in total. The molecule has 0 aliphatic rings. The van der Waals surface area contributed by atoms with E-state index >= 15 is 0 Å². The Labute approximate surface area is 113 Å². The Balaban J connectivity index is 2.31. The third kappa shape index (κ3) is 3.02. The van der Waals surface area contributed by atoms with Crippen LogP contribution in [0.15, 0.2) is 30.6 Å². The fourth-order valence-electron chi connectivity index (χ4n) is 1.69. The van der Waals surface area contributed by atoms with E-state index in [9.17, 15) is 0 Å². The molecule has 4 heteroatoms. The van der Waals surface area contributed by atoms with E-state index in [2.05, 4.69) is 36.8 Å². The molecule has 0 unspecified atom stereocenters. The van der Waals surface area contributed by atoms with Gasteiger partial charge in [-0.3, -0.25) is 0 Å². The Morgan fingerprint density at radius 2 is 1.89 bits per heavy atom. The molecule has 19 heavy (non-hydrogen) atoms. The van der Waals surface area contributed by atoms with Gasteiger partial charge in [0.2, 0.25) is 5.88 Å². The summed E-state index contributed by atoms with van der Waals surface area (Å²) >= 11 is 0. The van der Waals surface area contributed by atoms with Crippen LogP contribution in [-0.2, 0) is 5.41 Å². The van der Waals surface area contributed by atoms with Crippen molar-refractivity contribution in [2.75, 3.05) is 5.73 Å². The van der Waals surface area contributed by atoms with E-state index in [1.54, 1.807) is 0 Å². The van der Waals surface area contributed by atoms with E-state index < -0.39 is 0 Å². The summed E-state index contributed by atoms with van der Waals surface area (Å²) in [4.78, 5) is 8.04. The van der Waals surface area contributed by atoms with Crippen molar-refractivity contribution in [1.82, 2.24) is 9.97 Å². The van der Waals surface area contributed by atoms with E-state index in [-0.39, 0.29) is 5.41 Å². The highest BCUT2D eigenvalue weighted by atomic mass is 16.5. The number of hydrogen-bond donors (Lipinski definition) is 1. The molecule has 2 N–H and O–H groups in total. The Bertz CT molecular complexity index is 588. The van der Waals surface area contributed by atoms with Gasteiger partial charge in [0, 0.05) is 0 Å². The van der Waals surface area contributed by atoms with Crippen LogP contribution in [0.1, 0.15) is 31.9 Å². The van der Waals surface area contributed by atoms with Crippen LogP contribution in [0.25, 0.3) is 0 Å². The lowest BCUT2D eigenvalue weighted by molar-refractivity contribution is 0.455. The molecule has 1 aromatic heterocycles. The van der Waals surface area contributed by atoms with Crippen molar-refractivity contribution in [2.24, 2.45) is 0 Å². The summed E-state index contributed by atoms with van der Waals surface area (Å²) in [5, 5.41) is 0. The average molecular weight is 257 g/mol. The molecule has 1 aromatic carbocycles. The highest BCUT2D eigenvalue weighted by Gasteiger charge is 2.14. The Hall–Kier alpha value is -2.10. The standard InChI is InChI=1S/C15H19N3O/c1-10-13(16)17-9-18-14(10)19-12-7-5-6-11(8-12)15(2,3)4/h5-9H,1-4H3,(H2,16,17,18). The van der Waals surface area contributed by atoms with Crippen molar-refractivity contribution >= 4 is 5.82 Å². The Morgan fingerprint density at radius 3 is 2.58 bits per heavy atom. The van der Waals surface area contributed by atoms with E-state index in [1.807, 2.05) is 25.1 Å². The number of nitrogens with zero attached hydrogens (tertiary/aromatic N) is 2. The first kappa shape index (κ1) is 13.3. The van der Waals surface area contributed by atoms with Gasteiger partial charge in [-0.05, 0) is 30.0 Å². The molecule has 0 aliphatic heterocycles. The van der Waals surface area contributed by atoms with Gasteiger partial charge in [-0.2, -0.15) is 0 Å². The molecular formula is C15H19N3O. The molecule has 2 aromatic rings. The number of rotatable bonds is 2. The third-order valence-corrected chi connectivity index (χ3v) is 2.99. The molecule has 0 bridgehead atoms. The molecule has 0 saturated carbocycles. The van der Waals surface area contributed by atoms with Crippen molar-refractivity contribution in [2.45, 2.75) is 33.1 Å².